The lowest BCUT2D eigenvalue weighted by Gasteiger charge is -2.34. The highest BCUT2D eigenvalue weighted by Gasteiger charge is 2.36. The fourth-order valence-electron chi connectivity index (χ4n) is 5.45. The Kier molecular flexibility index (Phi) is 13.1. The third-order valence-electron chi connectivity index (χ3n) is 8.33. The Hall–Kier alpha value is -3.56. The summed E-state index contributed by atoms with van der Waals surface area (Å²) in [5.74, 6) is 0.0963. The molecule has 1 unspecified atom stereocenters. The molecule has 3 nitrogen and oxygen atoms in total. The van der Waals surface area contributed by atoms with Crippen molar-refractivity contribution in [2.24, 2.45) is 10.8 Å². The molecule has 0 aromatic rings. The van der Waals surface area contributed by atoms with Gasteiger partial charge in [0.1, 0.15) is 6.10 Å². The Bertz CT molecular complexity index is 1420. The number of hydrogen-bond donors (Lipinski definition) is 1. The first-order chi connectivity index (χ1) is 20.0. The van der Waals surface area contributed by atoms with E-state index >= 15 is 0 Å². The molecule has 0 heterocycles. The fraction of sp³-hybridized carbons (Fsp3) is 0.400. The molecule has 2 aliphatic rings. The van der Waals surface area contributed by atoms with Gasteiger partial charge in [-0.2, -0.15) is 0 Å². The number of Topliss-reactive ketones (excluding diaryl/α,β-unsaturated/α-hetero) is 2. The molecule has 0 aromatic carbocycles. The maximum atomic E-state index is 12.2. The van der Waals surface area contributed by atoms with Gasteiger partial charge in [-0.15, -0.1) is 0 Å². The summed E-state index contributed by atoms with van der Waals surface area (Å²) in [4.78, 5) is 24.4. The summed E-state index contributed by atoms with van der Waals surface area (Å²) in [6, 6.07) is 0. The van der Waals surface area contributed by atoms with Crippen LogP contribution in [0.25, 0.3) is 0 Å². The summed E-state index contributed by atoms with van der Waals surface area (Å²) in [7, 11) is 0. The van der Waals surface area contributed by atoms with Gasteiger partial charge in [0.2, 0.25) is 0 Å². The normalized spacial score (nSPS) is 23.1. The number of aliphatic hydroxyl groups is 1. The van der Waals surface area contributed by atoms with Crippen LogP contribution < -0.4 is 0 Å². The summed E-state index contributed by atoms with van der Waals surface area (Å²) < 4.78 is 0. The number of carbonyl (C=O) groups is 2. The topological polar surface area (TPSA) is 54.4 Å². The molecular weight excluding hydrogens is 528 g/mol. The first-order valence-electron chi connectivity index (χ1n) is 15.3. The van der Waals surface area contributed by atoms with Crippen molar-refractivity contribution in [1.29, 1.82) is 0 Å². The summed E-state index contributed by atoms with van der Waals surface area (Å²) >= 11 is 0. The molecule has 0 amide bonds. The quantitative estimate of drug-likeness (QED) is 0.262. The van der Waals surface area contributed by atoms with Crippen molar-refractivity contribution in [2.45, 2.75) is 94.6 Å². The lowest BCUT2D eigenvalue weighted by molar-refractivity contribution is -0.125. The lowest BCUT2D eigenvalue weighted by Crippen LogP contribution is -2.35. The monoisotopic (exact) mass is 580 g/mol. The molecule has 0 aliphatic heterocycles. The zero-order valence-corrected chi connectivity index (χ0v) is 28.0. The van der Waals surface area contributed by atoms with Gasteiger partial charge in [0.15, 0.2) is 11.6 Å². The zero-order chi connectivity index (χ0) is 32.4. The zero-order valence-electron chi connectivity index (χ0n) is 28.0. The van der Waals surface area contributed by atoms with E-state index in [0.29, 0.717) is 18.4 Å². The minimum atomic E-state index is -0.900. The van der Waals surface area contributed by atoms with Crippen LogP contribution in [0, 0.1) is 10.8 Å². The molecule has 0 spiro atoms. The number of aliphatic hydroxyl groups excluding tert-OH is 1. The minimum Gasteiger partial charge on any atom is -0.385 e. The van der Waals surface area contributed by atoms with E-state index in [4.69, 9.17) is 0 Å². The third kappa shape index (κ3) is 10.9. The summed E-state index contributed by atoms with van der Waals surface area (Å²) in [5.41, 5.74) is 7.99. The third-order valence-corrected chi connectivity index (χ3v) is 8.33. The molecule has 2 aliphatic carbocycles. The molecule has 0 bridgehead atoms. The van der Waals surface area contributed by atoms with E-state index in [1.54, 1.807) is 6.92 Å². The van der Waals surface area contributed by atoms with Gasteiger partial charge in [0.05, 0.1) is 0 Å². The number of hydrogen-bond acceptors (Lipinski definition) is 3. The average molecular weight is 581 g/mol. The van der Waals surface area contributed by atoms with Crippen molar-refractivity contribution < 1.29 is 14.7 Å². The van der Waals surface area contributed by atoms with E-state index in [1.165, 1.54) is 0 Å². The van der Waals surface area contributed by atoms with Gasteiger partial charge in [0, 0.05) is 6.42 Å². The number of allylic oxidation sites excluding steroid dienone is 21. The average Bonchev–Trinajstić information content (AvgIpc) is 2.91. The molecule has 1 N–H and O–H groups in total. The Balaban J connectivity index is 1.94. The van der Waals surface area contributed by atoms with Crippen LogP contribution in [0.4, 0.5) is 0 Å². The molecule has 0 radical (unpaired) electrons. The van der Waals surface area contributed by atoms with E-state index < -0.39 is 6.10 Å². The smallest absolute Gasteiger partial charge is 0.187 e. The Labute approximate surface area is 260 Å². The Morgan fingerprint density at radius 1 is 0.651 bits per heavy atom. The van der Waals surface area contributed by atoms with Gasteiger partial charge >= 0.3 is 0 Å². The standard InChI is InChI=1S/C40H52O3/c1-28(17-13-19-30(3)21-23-34-32(5)36(41)25-26-39(34,7)8)15-11-12-16-29(2)18-14-20-31(4)22-24-35-33(6)38(43)37(42)27-40(35,9)10/h11-24,37,42H,25-27H2,1-10H3/b12-11+,17-13+,18-14-,23-21+,24-22+,28-15+,29-16+,30-19+,31-20-. The fourth-order valence-corrected chi connectivity index (χ4v) is 5.45. The Morgan fingerprint density at radius 2 is 1.07 bits per heavy atom. The van der Waals surface area contributed by atoms with Gasteiger partial charge in [-0.05, 0) is 87.5 Å². The highest BCUT2D eigenvalue weighted by atomic mass is 16.3. The molecule has 1 atom stereocenters. The molecule has 230 valence electrons. The van der Waals surface area contributed by atoms with E-state index in [9.17, 15) is 14.7 Å². The number of carbonyl (C=O) groups excluding carboxylic acids is 2. The molecule has 0 saturated carbocycles. The molecule has 0 saturated heterocycles. The van der Waals surface area contributed by atoms with Crippen molar-refractivity contribution in [1.82, 2.24) is 0 Å². The van der Waals surface area contributed by atoms with Gasteiger partial charge in [-0.1, -0.05) is 135 Å². The maximum Gasteiger partial charge on any atom is 0.187 e. The van der Waals surface area contributed by atoms with E-state index in [1.807, 2.05) is 50.3 Å². The van der Waals surface area contributed by atoms with Crippen molar-refractivity contribution >= 4 is 11.6 Å². The highest BCUT2D eigenvalue weighted by Crippen LogP contribution is 2.40. The lowest BCUT2D eigenvalue weighted by atomic mass is 9.71. The van der Waals surface area contributed by atoms with Gasteiger partial charge < -0.3 is 5.11 Å². The second kappa shape index (κ2) is 15.8. The summed E-state index contributed by atoms with van der Waals surface area (Å²) in [5, 5.41) is 10.0. The Morgan fingerprint density at radius 3 is 1.56 bits per heavy atom. The van der Waals surface area contributed by atoms with Crippen molar-refractivity contribution in [3.8, 4) is 0 Å². The molecular formula is C40H52O3. The van der Waals surface area contributed by atoms with Crippen molar-refractivity contribution in [3.63, 3.8) is 0 Å². The second-order valence-electron chi connectivity index (χ2n) is 13.3. The minimum absolute atomic E-state index is 0.0331. The van der Waals surface area contributed by atoms with Crippen LogP contribution in [0.15, 0.2) is 130 Å². The van der Waals surface area contributed by atoms with Gasteiger partial charge in [-0.25, -0.2) is 0 Å². The van der Waals surface area contributed by atoms with Crippen LogP contribution in [0.1, 0.15) is 88.5 Å². The first-order valence-corrected chi connectivity index (χ1v) is 15.3. The van der Waals surface area contributed by atoms with Crippen LogP contribution in [-0.4, -0.2) is 22.8 Å². The highest BCUT2D eigenvalue weighted by molar-refractivity contribution is 6.00. The van der Waals surface area contributed by atoms with Crippen LogP contribution in [0.3, 0.4) is 0 Å². The van der Waals surface area contributed by atoms with E-state index in [-0.39, 0.29) is 22.4 Å². The van der Waals surface area contributed by atoms with Crippen LogP contribution >= 0.6 is 0 Å². The predicted molar refractivity (Wildman–Crippen MR) is 184 cm³/mol. The molecule has 3 heteroatoms. The van der Waals surface area contributed by atoms with Crippen molar-refractivity contribution in [3.05, 3.63) is 130 Å². The van der Waals surface area contributed by atoms with Gasteiger partial charge in [-0.3, -0.25) is 9.59 Å². The maximum absolute atomic E-state index is 12.2. The number of ketones is 2. The number of rotatable bonds is 10. The largest absolute Gasteiger partial charge is 0.385 e. The summed E-state index contributed by atoms with van der Waals surface area (Å²) in [6.45, 7) is 20.6. The van der Waals surface area contributed by atoms with Crippen LogP contribution in [-0.2, 0) is 9.59 Å². The van der Waals surface area contributed by atoms with Crippen LogP contribution in [0.2, 0.25) is 0 Å². The van der Waals surface area contributed by atoms with E-state index in [0.717, 1.165) is 45.4 Å². The first kappa shape index (κ1) is 35.6. The molecule has 0 aromatic heterocycles. The summed E-state index contributed by atoms with van der Waals surface area (Å²) in [6.07, 6.45) is 29.9. The molecule has 2 rings (SSSR count). The SMILES string of the molecule is CC1=C(/C=C/C(C)=C/C=C/C(C)=C/C=C/C=C(C)/C=C\C=C(C)/C=C/C2=C(C)C(=O)C(O)CC2(C)C)C(C)(C)CCC1=O. The van der Waals surface area contributed by atoms with Crippen LogP contribution in [0.5, 0.6) is 0 Å². The van der Waals surface area contributed by atoms with E-state index in [2.05, 4.69) is 97.1 Å². The molecule has 0 fully saturated rings. The predicted octanol–water partition coefficient (Wildman–Crippen LogP) is 9.93. The van der Waals surface area contributed by atoms with Crippen molar-refractivity contribution in [2.75, 3.05) is 0 Å². The second-order valence-corrected chi connectivity index (χ2v) is 13.3. The molecule has 43 heavy (non-hydrogen) atoms. The van der Waals surface area contributed by atoms with Gasteiger partial charge in [0.25, 0.3) is 0 Å².